The molecule has 0 spiro atoms. The summed E-state index contributed by atoms with van der Waals surface area (Å²) in [5.74, 6) is 0.480. The molecule has 1 aliphatic heterocycles. The molecule has 0 bridgehead atoms. The van der Waals surface area contributed by atoms with Crippen LogP contribution in [0.1, 0.15) is 28.7 Å². The standard InChI is InChI=1S/C24H24N4O3/c1-2-16-7-9-17(10-8-16)15-25-24(29)22-26-20-18-5-3-4-6-19(18)31-21(20)23(27-22)28-11-13-30-14-12-28/h3-10H,2,11-15H2,1H3,(H,25,29). The highest BCUT2D eigenvalue weighted by molar-refractivity contribution is 6.07. The largest absolute Gasteiger partial charge is 0.450 e. The number of ether oxygens (including phenoxy) is 1. The van der Waals surface area contributed by atoms with Gasteiger partial charge in [-0.2, -0.15) is 0 Å². The normalized spacial score (nSPS) is 14.3. The molecule has 0 unspecified atom stereocenters. The van der Waals surface area contributed by atoms with E-state index >= 15 is 0 Å². The van der Waals surface area contributed by atoms with E-state index in [1.807, 2.05) is 36.4 Å². The number of benzene rings is 2. The van der Waals surface area contributed by atoms with Crippen molar-refractivity contribution >= 4 is 33.8 Å². The SMILES string of the molecule is CCc1ccc(CNC(=O)c2nc(N3CCOCC3)c3oc4ccccc4c3n2)cc1. The third-order valence-electron chi connectivity index (χ3n) is 5.60. The summed E-state index contributed by atoms with van der Waals surface area (Å²) in [4.78, 5) is 24.3. The van der Waals surface area contributed by atoms with Gasteiger partial charge in [0.1, 0.15) is 11.1 Å². The number of amides is 1. The van der Waals surface area contributed by atoms with Crippen molar-refractivity contribution in [1.82, 2.24) is 15.3 Å². The average molecular weight is 416 g/mol. The quantitative estimate of drug-likeness (QED) is 0.534. The van der Waals surface area contributed by atoms with Crippen molar-refractivity contribution in [1.29, 1.82) is 0 Å². The predicted molar refractivity (Wildman–Crippen MR) is 119 cm³/mol. The van der Waals surface area contributed by atoms with E-state index in [4.69, 9.17) is 9.15 Å². The number of hydrogen-bond donors (Lipinski definition) is 1. The third-order valence-corrected chi connectivity index (χ3v) is 5.60. The first-order chi connectivity index (χ1) is 15.2. The Balaban J connectivity index is 1.49. The molecule has 0 atom stereocenters. The van der Waals surface area contributed by atoms with E-state index in [2.05, 4.69) is 39.2 Å². The molecule has 2 aromatic carbocycles. The van der Waals surface area contributed by atoms with E-state index in [1.54, 1.807) is 0 Å². The molecule has 0 aliphatic carbocycles. The Morgan fingerprint density at radius 3 is 2.55 bits per heavy atom. The minimum atomic E-state index is -0.304. The summed E-state index contributed by atoms with van der Waals surface area (Å²) in [5, 5.41) is 3.82. The van der Waals surface area contributed by atoms with Crippen LogP contribution in [0.15, 0.2) is 52.9 Å². The molecule has 2 aromatic heterocycles. The van der Waals surface area contributed by atoms with Gasteiger partial charge in [0.25, 0.3) is 5.91 Å². The zero-order valence-corrected chi connectivity index (χ0v) is 17.4. The molecule has 7 nitrogen and oxygen atoms in total. The lowest BCUT2D eigenvalue weighted by Gasteiger charge is -2.27. The van der Waals surface area contributed by atoms with Crippen LogP contribution >= 0.6 is 0 Å². The molecule has 4 aromatic rings. The van der Waals surface area contributed by atoms with Gasteiger partial charge in [-0.15, -0.1) is 0 Å². The molecule has 7 heteroatoms. The van der Waals surface area contributed by atoms with Crippen LogP contribution in [0.2, 0.25) is 0 Å². The molecule has 1 aliphatic rings. The van der Waals surface area contributed by atoms with Gasteiger partial charge in [-0.1, -0.05) is 43.3 Å². The number of rotatable bonds is 5. The van der Waals surface area contributed by atoms with Crippen molar-refractivity contribution in [3.63, 3.8) is 0 Å². The molecule has 1 fully saturated rings. The van der Waals surface area contributed by atoms with Gasteiger partial charge in [-0.25, -0.2) is 9.97 Å². The van der Waals surface area contributed by atoms with Crippen molar-refractivity contribution < 1.29 is 13.9 Å². The number of nitrogens with zero attached hydrogens (tertiary/aromatic N) is 3. The number of carbonyl (C=O) groups excluding carboxylic acids is 1. The van der Waals surface area contributed by atoms with Gasteiger partial charge in [0.2, 0.25) is 5.82 Å². The molecule has 158 valence electrons. The summed E-state index contributed by atoms with van der Waals surface area (Å²) in [7, 11) is 0. The Morgan fingerprint density at radius 1 is 1.03 bits per heavy atom. The van der Waals surface area contributed by atoms with Gasteiger partial charge in [0, 0.05) is 25.0 Å². The molecular formula is C24H24N4O3. The first kappa shape index (κ1) is 19.5. The minimum Gasteiger partial charge on any atom is -0.450 e. The highest BCUT2D eigenvalue weighted by Crippen LogP contribution is 2.33. The Hall–Kier alpha value is -3.45. The molecule has 1 amide bonds. The van der Waals surface area contributed by atoms with E-state index < -0.39 is 0 Å². The van der Waals surface area contributed by atoms with E-state index in [-0.39, 0.29) is 11.7 Å². The maximum Gasteiger partial charge on any atom is 0.289 e. The van der Waals surface area contributed by atoms with Crippen LogP contribution in [0.5, 0.6) is 0 Å². The zero-order valence-electron chi connectivity index (χ0n) is 17.4. The molecule has 0 saturated carbocycles. The van der Waals surface area contributed by atoms with Crippen LogP contribution in [0, 0.1) is 0 Å². The number of hydrogen-bond acceptors (Lipinski definition) is 6. The number of anilines is 1. The molecule has 31 heavy (non-hydrogen) atoms. The van der Waals surface area contributed by atoms with Crippen molar-refractivity contribution in [3.05, 3.63) is 65.5 Å². The second kappa shape index (κ2) is 8.35. The fourth-order valence-electron chi connectivity index (χ4n) is 3.82. The summed E-state index contributed by atoms with van der Waals surface area (Å²) in [6, 6.07) is 15.9. The fourth-order valence-corrected chi connectivity index (χ4v) is 3.82. The first-order valence-electron chi connectivity index (χ1n) is 10.6. The molecule has 5 rings (SSSR count). The molecular weight excluding hydrogens is 392 g/mol. The summed E-state index contributed by atoms with van der Waals surface area (Å²) in [5.41, 5.74) is 4.30. The number of nitrogens with one attached hydrogen (secondary N) is 1. The maximum absolute atomic E-state index is 13.0. The summed E-state index contributed by atoms with van der Waals surface area (Å²) >= 11 is 0. The number of carbonyl (C=O) groups is 1. The van der Waals surface area contributed by atoms with Crippen molar-refractivity contribution in [2.75, 3.05) is 31.2 Å². The van der Waals surface area contributed by atoms with Gasteiger partial charge in [-0.05, 0) is 29.7 Å². The highest BCUT2D eigenvalue weighted by atomic mass is 16.5. The number of aromatic nitrogens is 2. The van der Waals surface area contributed by atoms with Gasteiger partial charge in [0.05, 0.1) is 13.2 Å². The van der Waals surface area contributed by atoms with Crippen LogP contribution < -0.4 is 10.2 Å². The van der Waals surface area contributed by atoms with Crippen LogP contribution in [0.3, 0.4) is 0 Å². The number of morpholine rings is 1. The van der Waals surface area contributed by atoms with Crippen molar-refractivity contribution in [3.8, 4) is 0 Å². The number of fused-ring (bicyclic) bond motifs is 3. The topological polar surface area (TPSA) is 80.5 Å². The van der Waals surface area contributed by atoms with Gasteiger partial charge >= 0.3 is 0 Å². The van der Waals surface area contributed by atoms with Gasteiger partial charge in [-0.3, -0.25) is 4.79 Å². The maximum atomic E-state index is 13.0. The Labute approximate surface area is 180 Å². The lowest BCUT2D eigenvalue weighted by molar-refractivity contribution is 0.0940. The third kappa shape index (κ3) is 3.84. The van der Waals surface area contributed by atoms with Crippen LogP contribution in [0.25, 0.3) is 22.1 Å². The predicted octanol–water partition coefficient (Wildman–Crippen LogP) is 3.71. The van der Waals surface area contributed by atoms with E-state index in [9.17, 15) is 4.79 Å². The molecule has 3 heterocycles. The van der Waals surface area contributed by atoms with Gasteiger partial charge in [0.15, 0.2) is 11.4 Å². The van der Waals surface area contributed by atoms with Crippen LogP contribution in [-0.4, -0.2) is 42.2 Å². The van der Waals surface area contributed by atoms with E-state index in [1.165, 1.54) is 5.56 Å². The van der Waals surface area contributed by atoms with Crippen LogP contribution in [0.4, 0.5) is 5.82 Å². The Bertz CT molecular complexity index is 1230. The Kier molecular flexibility index (Phi) is 5.26. The van der Waals surface area contributed by atoms with Crippen molar-refractivity contribution in [2.45, 2.75) is 19.9 Å². The number of aryl methyl sites for hydroxylation is 1. The lowest BCUT2D eigenvalue weighted by atomic mass is 10.1. The second-order valence-corrected chi connectivity index (χ2v) is 7.60. The monoisotopic (exact) mass is 416 g/mol. The number of para-hydroxylation sites is 1. The highest BCUT2D eigenvalue weighted by Gasteiger charge is 2.24. The minimum absolute atomic E-state index is 0.144. The van der Waals surface area contributed by atoms with Crippen molar-refractivity contribution in [2.24, 2.45) is 0 Å². The zero-order chi connectivity index (χ0) is 21.2. The first-order valence-corrected chi connectivity index (χ1v) is 10.6. The summed E-state index contributed by atoms with van der Waals surface area (Å²) in [6.07, 6.45) is 0.990. The lowest BCUT2D eigenvalue weighted by Crippen LogP contribution is -2.37. The summed E-state index contributed by atoms with van der Waals surface area (Å²) in [6.45, 7) is 5.14. The smallest absolute Gasteiger partial charge is 0.289 e. The van der Waals surface area contributed by atoms with Gasteiger partial charge < -0.3 is 19.4 Å². The molecule has 0 radical (unpaired) electrons. The van der Waals surface area contributed by atoms with E-state index in [0.717, 1.165) is 23.0 Å². The summed E-state index contributed by atoms with van der Waals surface area (Å²) < 4.78 is 11.6. The van der Waals surface area contributed by atoms with Crippen LogP contribution in [-0.2, 0) is 17.7 Å². The molecule has 1 N–H and O–H groups in total. The average Bonchev–Trinajstić information content (AvgIpc) is 3.21. The van der Waals surface area contributed by atoms with E-state index in [0.29, 0.717) is 49.8 Å². The fraction of sp³-hybridized carbons (Fsp3) is 0.292. The molecule has 1 saturated heterocycles. The Morgan fingerprint density at radius 2 is 1.77 bits per heavy atom. The second-order valence-electron chi connectivity index (χ2n) is 7.60. The number of furan rings is 1.